The fraction of sp³-hybridized carbons (Fsp3) is 1.00. The second-order valence-electron chi connectivity index (χ2n) is 2.29. The van der Waals surface area contributed by atoms with Crippen molar-refractivity contribution in [1.29, 1.82) is 0 Å². The van der Waals surface area contributed by atoms with E-state index >= 15 is 0 Å². The highest BCUT2D eigenvalue weighted by molar-refractivity contribution is 4.56. The highest BCUT2D eigenvalue weighted by Gasteiger charge is 2.41. The lowest BCUT2D eigenvalue weighted by molar-refractivity contribution is -0.311. The van der Waals surface area contributed by atoms with Crippen LogP contribution in [-0.4, -0.2) is 25.7 Å². The molecule has 0 radical (unpaired) electrons. The third-order valence-corrected chi connectivity index (χ3v) is 0.877. The second-order valence-corrected chi connectivity index (χ2v) is 2.29. The Hall–Kier alpha value is -0.290. The topological polar surface area (TPSA) is 18.5 Å². The lowest BCUT2D eigenvalue weighted by Gasteiger charge is -2.20. The zero-order valence-corrected chi connectivity index (χ0v) is 6.61. The molecule has 0 aliphatic carbocycles. The van der Waals surface area contributed by atoms with Crippen molar-refractivity contribution in [3.63, 3.8) is 0 Å². The number of rotatable bonds is 3. The van der Waals surface area contributed by atoms with Gasteiger partial charge in [-0.3, -0.25) is 0 Å². The molecule has 0 aromatic rings. The number of halogens is 3. The lowest BCUT2D eigenvalue weighted by atomic mass is 10.5. The van der Waals surface area contributed by atoms with Crippen LogP contribution in [0, 0.1) is 0 Å². The Morgan fingerprint density at radius 2 is 1.64 bits per heavy atom. The van der Waals surface area contributed by atoms with Gasteiger partial charge in [-0.25, -0.2) is 0 Å². The molecule has 0 saturated heterocycles. The van der Waals surface area contributed by atoms with Crippen molar-refractivity contribution in [2.24, 2.45) is 0 Å². The van der Waals surface area contributed by atoms with Gasteiger partial charge in [-0.05, 0) is 13.8 Å². The van der Waals surface area contributed by atoms with Crippen molar-refractivity contribution >= 4 is 0 Å². The summed E-state index contributed by atoms with van der Waals surface area (Å²) in [5.41, 5.74) is 0. The molecule has 0 amide bonds. The van der Waals surface area contributed by atoms with Gasteiger partial charge in [-0.15, -0.1) is 0 Å². The monoisotopic (exact) mass is 172 g/mol. The van der Waals surface area contributed by atoms with Gasteiger partial charge < -0.3 is 9.47 Å². The van der Waals surface area contributed by atoms with Crippen LogP contribution in [0.25, 0.3) is 0 Å². The average molecular weight is 172 g/mol. The normalized spacial score (nSPS) is 15.5. The van der Waals surface area contributed by atoms with Crippen LogP contribution in [0.4, 0.5) is 13.2 Å². The van der Waals surface area contributed by atoms with Crippen LogP contribution >= 0.6 is 0 Å². The maximum atomic E-state index is 11.8. The predicted octanol–water partition coefficient (Wildman–Crippen LogP) is 1.95. The van der Waals surface area contributed by atoms with Crippen molar-refractivity contribution in [3.05, 3.63) is 0 Å². The first-order valence-corrected chi connectivity index (χ1v) is 3.13. The quantitative estimate of drug-likeness (QED) is 0.606. The summed E-state index contributed by atoms with van der Waals surface area (Å²) in [6.45, 7) is 3.02. The number of methoxy groups -OCH3 is 1. The fourth-order valence-corrected chi connectivity index (χ4v) is 0.514. The molecular formula is C6H11F3O2. The van der Waals surface area contributed by atoms with Crippen molar-refractivity contribution < 1.29 is 22.6 Å². The number of hydrogen-bond acceptors (Lipinski definition) is 2. The smallest absolute Gasteiger partial charge is 0.348 e. The molecule has 0 aliphatic heterocycles. The van der Waals surface area contributed by atoms with Crippen LogP contribution in [0.2, 0.25) is 0 Å². The molecule has 68 valence electrons. The molecule has 0 aromatic heterocycles. The largest absolute Gasteiger partial charge is 0.440 e. The average Bonchev–Trinajstić information content (AvgIpc) is 1.79. The van der Waals surface area contributed by atoms with E-state index in [9.17, 15) is 13.2 Å². The molecular weight excluding hydrogens is 161 g/mol. The highest BCUT2D eigenvalue weighted by atomic mass is 19.4. The van der Waals surface area contributed by atoms with Gasteiger partial charge in [-0.2, -0.15) is 13.2 Å². The third-order valence-electron chi connectivity index (χ3n) is 0.877. The van der Waals surface area contributed by atoms with E-state index in [2.05, 4.69) is 9.47 Å². The van der Waals surface area contributed by atoms with Crippen molar-refractivity contribution in [2.75, 3.05) is 7.11 Å². The summed E-state index contributed by atoms with van der Waals surface area (Å²) < 4.78 is 44.0. The van der Waals surface area contributed by atoms with E-state index in [-0.39, 0.29) is 0 Å². The Bertz CT molecular complexity index is 111. The summed E-state index contributed by atoms with van der Waals surface area (Å²) in [5, 5.41) is 0. The van der Waals surface area contributed by atoms with E-state index in [1.54, 1.807) is 0 Å². The van der Waals surface area contributed by atoms with E-state index in [1.165, 1.54) is 13.8 Å². The Morgan fingerprint density at radius 3 is 1.73 bits per heavy atom. The second kappa shape index (κ2) is 3.92. The maximum absolute atomic E-state index is 11.8. The number of alkyl halides is 3. The fourth-order valence-electron chi connectivity index (χ4n) is 0.514. The molecule has 0 spiro atoms. The standard InChI is InChI=1S/C6H11F3O2/c1-4(2)11-5(10-3)6(7,8)9/h4-5H,1-3H3. The molecule has 1 atom stereocenters. The molecule has 1 unspecified atom stereocenters. The molecule has 0 fully saturated rings. The molecule has 11 heavy (non-hydrogen) atoms. The zero-order chi connectivity index (χ0) is 9.07. The van der Waals surface area contributed by atoms with Gasteiger partial charge in [0.05, 0.1) is 6.10 Å². The minimum atomic E-state index is -4.45. The van der Waals surface area contributed by atoms with Crippen LogP contribution < -0.4 is 0 Å². The van der Waals surface area contributed by atoms with Crippen LogP contribution in [0.1, 0.15) is 13.8 Å². The first-order valence-electron chi connectivity index (χ1n) is 3.13. The zero-order valence-electron chi connectivity index (χ0n) is 6.61. The van der Waals surface area contributed by atoms with E-state index in [0.717, 1.165) is 7.11 Å². The minimum Gasteiger partial charge on any atom is -0.348 e. The Labute approximate surface area is 63.3 Å². The van der Waals surface area contributed by atoms with Gasteiger partial charge in [0.25, 0.3) is 6.29 Å². The van der Waals surface area contributed by atoms with Crippen molar-refractivity contribution in [1.82, 2.24) is 0 Å². The van der Waals surface area contributed by atoms with Gasteiger partial charge in [0, 0.05) is 7.11 Å². The maximum Gasteiger partial charge on any atom is 0.440 e. The molecule has 5 heteroatoms. The molecule has 2 nitrogen and oxygen atoms in total. The van der Waals surface area contributed by atoms with Gasteiger partial charge in [-0.1, -0.05) is 0 Å². The lowest BCUT2D eigenvalue weighted by Crippen LogP contribution is -2.35. The predicted molar refractivity (Wildman–Crippen MR) is 33.1 cm³/mol. The Morgan fingerprint density at radius 1 is 1.18 bits per heavy atom. The van der Waals surface area contributed by atoms with Crippen LogP contribution in [0.5, 0.6) is 0 Å². The van der Waals surface area contributed by atoms with E-state index in [1.807, 2.05) is 0 Å². The van der Waals surface area contributed by atoms with Gasteiger partial charge in [0.15, 0.2) is 0 Å². The van der Waals surface area contributed by atoms with E-state index in [0.29, 0.717) is 0 Å². The summed E-state index contributed by atoms with van der Waals surface area (Å²) in [7, 11) is 0.959. The first-order chi connectivity index (χ1) is 4.88. The molecule has 0 aliphatic rings. The van der Waals surface area contributed by atoms with E-state index < -0.39 is 18.6 Å². The minimum absolute atomic E-state index is 0.499. The Kier molecular flexibility index (Phi) is 3.82. The molecule has 0 bridgehead atoms. The van der Waals surface area contributed by atoms with Gasteiger partial charge in [0.2, 0.25) is 0 Å². The van der Waals surface area contributed by atoms with Gasteiger partial charge in [0.1, 0.15) is 0 Å². The van der Waals surface area contributed by atoms with Crippen LogP contribution in [0.15, 0.2) is 0 Å². The van der Waals surface area contributed by atoms with Crippen LogP contribution in [0.3, 0.4) is 0 Å². The summed E-state index contributed by atoms with van der Waals surface area (Å²) in [6, 6.07) is 0. The Balaban J connectivity index is 3.96. The summed E-state index contributed by atoms with van der Waals surface area (Å²) in [5.74, 6) is 0. The third kappa shape index (κ3) is 4.21. The SMILES string of the molecule is COC(OC(C)C)C(F)(F)F. The van der Waals surface area contributed by atoms with Crippen molar-refractivity contribution in [3.8, 4) is 0 Å². The summed E-state index contributed by atoms with van der Waals surface area (Å²) >= 11 is 0. The molecule has 0 rings (SSSR count). The molecule has 0 saturated carbocycles. The van der Waals surface area contributed by atoms with Crippen molar-refractivity contribution in [2.45, 2.75) is 32.4 Å². The van der Waals surface area contributed by atoms with Gasteiger partial charge >= 0.3 is 6.18 Å². The number of ether oxygens (including phenoxy) is 2. The van der Waals surface area contributed by atoms with E-state index in [4.69, 9.17) is 0 Å². The molecule has 0 heterocycles. The molecule has 0 aromatic carbocycles. The molecule has 0 N–H and O–H groups in total. The summed E-state index contributed by atoms with van der Waals surface area (Å²) in [6.07, 6.45) is -7.05. The van der Waals surface area contributed by atoms with Crippen LogP contribution in [-0.2, 0) is 9.47 Å². The highest BCUT2D eigenvalue weighted by Crippen LogP contribution is 2.23. The number of hydrogen-bond donors (Lipinski definition) is 0. The summed E-state index contributed by atoms with van der Waals surface area (Å²) in [4.78, 5) is 0. The first kappa shape index (κ1) is 10.7.